The van der Waals surface area contributed by atoms with Gasteiger partial charge in [0.1, 0.15) is 16.9 Å². The summed E-state index contributed by atoms with van der Waals surface area (Å²) in [5.41, 5.74) is -2.61. The fraction of sp³-hybridized carbons (Fsp3) is 0.542. The normalized spacial score (nSPS) is 20.8. The molecule has 0 radical (unpaired) electrons. The zero-order valence-corrected chi connectivity index (χ0v) is 19.1. The van der Waals surface area contributed by atoms with E-state index >= 15 is 0 Å². The lowest BCUT2D eigenvalue weighted by Crippen LogP contribution is -2.46. The molecule has 7 nitrogen and oxygen atoms in total. The number of urea groups is 1. The van der Waals surface area contributed by atoms with E-state index in [2.05, 4.69) is 5.32 Å². The van der Waals surface area contributed by atoms with Crippen molar-refractivity contribution in [2.24, 2.45) is 5.92 Å². The minimum atomic E-state index is -4.69. The third-order valence-corrected chi connectivity index (χ3v) is 6.51. The third-order valence-electron chi connectivity index (χ3n) is 6.51. The Morgan fingerprint density at radius 2 is 1.94 bits per heavy atom. The third kappa shape index (κ3) is 4.50. The summed E-state index contributed by atoms with van der Waals surface area (Å²) < 4.78 is 51.2. The van der Waals surface area contributed by atoms with Gasteiger partial charge in [0, 0.05) is 23.6 Å². The lowest BCUT2D eigenvalue weighted by Gasteiger charge is -2.21. The average Bonchev–Trinajstić information content (AvgIpc) is 3.59. The number of rotatable bonds is 9. The molecule has 184 valence electrons. The van der Waals surface area contributed by atoms with Gasteiger partial charge in [-0.3, -0.25) is 9.69 Å². The zero-order chi connectivity index (χ0) is 24.7. The van der Waals surface area contributed by atoms with Crippen LogP contribution in [0.1, 0.15) is 57.1 Å². The van der Waals surface area contributed by atoms with Crippen LogP contribution in [0.2, 0.25) is 0 Å². The van der Waals surface area contributed by atoms with E-state index in [9.17, 15) is 27.6 Å². The Balaban J connectivity index is 1.42. The van der Waals surface area contributed by atoms with Crippen LogP contribution in [-0.2, 0) is 17.4 Å². The summed E-state index contributed by atoms with van der Waals surface area (Å²) in [6, 6.07) is 2.79. The number of nitrogens with one attached hydrogen (secondary N) is 1. The highest BCUT2D eigenvalue weighted by atomic mass is 19.4. The van der Waals surface area contributed by atoms with Crippen molar-refractivity contribution in [1.82, 2.24) is 10.2 Å². The molecule has 0 bridgehead atoms. The van der Waals surface area contributed by atoms with E-state index in [1.165, 1.54) is 17.0 Å². The first-order chi connectivity index (χ1) is 16.1. The van der Waals surface area contributed by atoms with Crippen molar-refractivity contribution in [1.29, 1.82) is 0 Å². The highest BCUT2D eigenvalue weighted by molar-refractivity contribution is 6.07. The standard InChI is InChI=1S/C24H27F3N2O5/c1-3-6-16-18(10-9-15-17(24(25,26)27)13-19(30)34-20(15)16)33-12-5-4-11-29-21(31)23(2,14-7-8-14)28-22(29)32/h9-10,13-14H,3-8,11-12H2,1-2H3,(H,28,32). The zero-order valence-electron chi connectivity index (χ0n) is 19.1. The van der Waals surface area contributed by atoms with Crippen LogP contribution in [0.5, 0.6) is 5.75 Å². The van der Waals surface area contributed by atoms with Crippen LogP contribution in [0, 0.1) is 5.92 Å². The molecule has 1 aliphatic heterocycles. The van der Waals surface area contributed by atoms with Gasteiger partial charge < -0.3 is 14.5 Å². The Bertz CT molecular complexity index is 1170. The van der Waals surface area contributed by atoms with E-state index in [1.54, 1.807) is 6.92 Å². The van der Waals surface area contributed by atoms with Gasteiger partial charge in [-0.25, -0.2) is 9.59 Å². The largest absolute Gasteiger partial charge is 0.493 e. The van der Waals surface area contributed by atoms with Crippen molar-refractivity contribution in [3.05, 3.63) is 39.7 Å². The first-order valence-corrected chi connectivity index (χ1v) is 11.5. The quantitative estimate of drug-likeness (QED) is 0.321. The number of nitrogens with zero attached hydrogens (tertiary/aromatic N) is 1. The molecule has 2 aromatic rings. The van der Waals surface area contributed by atoms with Crippen LogP contribution < -0.4 is 15.7 Å². The highest BCUT2D eigenvalue weighted by Crippen LogP contribution is 2.42. The minimum Gasteiger partial charge on any atom is -0.493 e. The van der Waals surface area contributed by atoms with Crippen molar-refractivity contribution in [3.63, 3.8) is 0 Å². The maximum absolute atomic E-state index is 13.4. The number of unbranched alkanes of at least 4 members (excludes halogenated alkanes) is 1. The Hall–Kier alpha value is -3.04. The number of alkyl halides is 3. The molecule has 3 amide bonds. The maximum Gasteiger partial charge on any atom is 0.417 e. The van der Waals surface area contributed by atoms with E-state index in [0.717, 1.165) is 12.8 Å². The van der Waals surface area contributed by atoms with Crippen LogP contribution in [0.4, 0.5) is 18.0 Å². The van der Waals surface area contributed by atoms with E-state index in [-0.39, 0.29) is 42.0 Å². The average molecular weight is 480 g/mol. The molecule has 1 aromatic heterocycles. The van der Waals surface area contributed by atoms with Gasteiger partial charge in [-0.15, -0.1) is 0 Å². The fourth-order valence-electron chi connectivity index (χ4n) is 4.53. The molecule has 2 fully saturated rings. The van der Waals surface area contributed by atoms with Gasteiger partial charge in [-0.1, -0.05) is 13.3 Å². The summed E-state index contributed by atoms with van der Waals surface area (Å²) >= 11 is 0. The van der Waals surface area contributed by atoms with E-state index < -0.39 is 22.9 Å². The number of aryl methyl sites for hydroxylation is 1. The molecule has 34 heavy (non-hydrogen) atoms. The van der Waals surface area contributed by atoms with E-state index in [1.807, 2.05) is 6.92 Å². The van der Waals surface area contributed by atoms with Crippen LogP contribution in [0.3, 0.4) is 0 Å². The molecule has 1 aliphatic carbocycles. The SMILES string of the molecule is CCCc1c(OCCCCN2C(=O)NC(C)(C3CC3)C2=O)ccc2c(C(F)(F)F)cc(=O)oc12. The van der Waals surface area contributed by atoms with Crippen LogP contribution in [0.25, 0.3) is 11.0 Å². The lowest BCUT2D eigenvalue weighted by atomic mass is 9.96. The van der Waals surface area contributed by atoms with Crippen molar-refractivity contribution < 1.29 is 31.9 Å². The number of imide groups is 1. The summed E-state index contributed by atoms with van der Waals surface area (Å²) in [5.74, 6) is 0.351. The molecule has 1 unspecified atom stereocenters. The number of amides is 3. The summed E-state index contributed by atoms with van der Waals surface area (Å²) in [6.45, 7) is 4.13. The molecular formula is C24H27F3N2O5. The van der Waals surface area contributed by atoms with Gasteiger partial charge in [-0.05, 0) is 57.1 Å². The van der Waals surface area contributed by atoms with E-state index in [4.69, 9.17) is 9.15 Å². The van der Waals surface area contributed by atoms with Gasteiger partial charge in [0.05, 0.1) is 12.2 Å². The van der Waals surface area contributed by atoms with Crippen molar-refractivity contribution in [2.45, 2.75) is 64.1 Å². The number of fused-ring (bicyclic) bond motifs is 1. The molecule has 1 aromatic carbocycles. The predicted molar refractivity (Wildman–Crippen MR) is 118 cm³/mol. The molecule has 0 spiro atoms. The number of ether oxygens (including phenoxy) is 1. The molecule has 2 aliphatic rings. The smallest absolute Gasteiger partial charge is 0.417 e. The first kappa shape index (κ1) is 24.1. The Labute approximate surface area is 194 Å². The van der Waals surface area contributed by atoms with Gasteiger partial charge in [0.2, 0.25) is 0 Å². The van der Waals surface area contributed by atoms with E-state index in [0.29, 0.717) is 43.1 Å². The number of benzene rings is 1. The molecule has 1 saturated carbocycles. The summed E-state index contributed by atoms with van der Waals surface area (Å²) in [7, 11) is 0. The van der Waals surface area contributed by atoms with Gasteiger partial charge in [0.25, 0.3) is 5.91 Å². The summed E-state index contributed by atoms with van der Waals surface area (Å²) in [5, 5.41) is 2.63. The Morgan fingerprint density at radius 1 is 1.21 bits per heavy atom. The number of carbonyl (C=O) groups is 2. The van der Waals surface area contributed by atoms with Crippen molar-refractivity contribution in [3.8, 4) is 5.75 Å². The molecule has 10 heteroatoms. The second-order valence-corrected chi connectivity index (χ2v) is 9.06. The molecule has 1 saturated heterocycles. The molecule has 4 rings (SSSR count). The van der Waals surface area contributed by atoms with Gasteiger partial charge in [-0.2, -0.15) is 13.2 Å². The summed E-state index contributed by atoms with van der Waals surface area (Å²) in [4.78, 5) is 38.0. The van der Waals surface area contributed by atoms with Crippen LogP contribution in [0.15, 0.2) is 27.4 Å². The first-order valence-electron chi connectivity index (χ1n) is 11.5. The second kappa shape index (κ2) is 8.96. The number of carbonyl (C=O) groups excluding carboxylic acids is 2. The Kier molecular flexibility index (Phi) is 6.35. The maximum atomic E-state index is 13.4. The highest BCUT2D eigenvalue weighted by Gasteiger charge is 2.55. The van der Waals surface area contributed by atoms with Crippen LogP contribution >= 0.6 is 0 Å². The van der Waals surface area contributed by atoms with Gasteiger partial charge in [0.15, 0.2) is 0 Å². The van der Waals surface area contributed by atoms with Crippen molar-refractivity contribution >= 4 is 22.9 Å². The predicted octanol–water partition coefficient (Wildman–Crippen LogP) is 4.64. The lowest BCUT2D eigenvalue weighted by molar-refractivity contribution is -0.136. The number of hydrogen-bond donors (Lipinski definition) is 1. The van der Waals surface area contributed by atoms with Crippen LogP contribution in [-0.4, -0.2) is 35.5 Å². The second-order valence-electron chi connectivity index (χ2n) is 9.06. The molecule has 2 heterocycles. The monoisotopic (exact) mass is 480 g/mol. The minimum absolute atomic E-state index is 0.113. The topological polar surface area (TPSA) is 88.9 Å². The van der Waals surface area contributed by atoms with Gasteiger partial charge >= 0.3 is 17.8 Å². The number of hydrogen-bond acceptors (Lipinski definition) is 5. The molecule has 1 N–H and O–H groups in total. The fourth-order valence-corrected chi connectivity index (χ4v) is 4.53. The summed E-state index contributed by atoms with van der Waals surface area (Å²) in [6.07, 6.45) is -0.798. The molecule has 1 atom stereocenters. The Morgan fingerprint density at radius 3 is 2.59 bits per heavy atom. The molecular weight excluding hydrogens is 453 g/mol. The van der Waals surface area contributed by atoms with Crippen molar-refractivity contribution in [2.75, 3.05) is 13.2 Å². The number of halogens is 3.